The van der Waals surface area contributed by atoms with Crippen molar-refractivity contribution in [3.05, 3.63) is 0 Å². The number of carbonyl (C=O) groups is 4. The first-order valence-electron chi connectivity index (χ1n) is 40.5. The molecule has 8 atom stereocenters. The average molecular weight is 1420 g/mol. The van der Waals surface area contributed by atoms with Gasteiger partial charge in [-0.3, -0.25) is 37.3 Å². The summed E-state index contributed by atoms with van der Waals surface area (Å²) in [6, 6.07) is 0. The largest absolute Gasteiger partial charge is 0.472 e. The van der Waals surface area contributed by atoms with Crippen molar-refractivity contribution in [2.45, 2.75) is 420 Å². The normalized spacial score (nSPS) is 14.9. The topological polar surface area (TPSA) is 237 Å². The number of hydrogen-bond acceptors (Lipinski definition) is 15. The molecule has 0 rings (SSSR count). The zero-order valence-corrected chi connectivity index (χ0v) is 65.3. The molecule has 0 aromatic heterocycles. The van der Waals surface area contributed by atoms with Crippen LogP contribution in [0, 0.1) is 17.8 Å². The summed E-state index contributed by atoms with van der Waals surface area (Å²) in [4.78, 5) is 72.9. The molecule has 0 aliphatic carbocycles. The maximum Gasteiger partial charge on any atom is 0.472 e. The van der Waals surface area contributed by atoms with E-state index in [0.717, 1.165) is 114 Å². The Morgan fingerprint density at radius 2 is 0.495 bits per heavy atom. The van der Waals surface area contributed by atoms with E-state index in [2.05, 4.69) is 48.5 Å². The molecule has 0 aromatic carbocycles. The second kappa shape index (κ2) is 68.5. The molecule has 576 valence electrons. The van der Waals surface area contributed by atoms with Crippen LogP contribution in [-0.2, 0) is 65.4 Å². The van der Waals surface area contributed by atoms with Crippen LogP contribution in [0.1, 0.15) is 402 Å². The van der Waals surface area contributed by atoms with E-state index in [0.29, 0.717) is 25.7 Å². The van der Waals surface area contributed by atoms with Gasteiger partial charge in [-0.15, -0.1) is 0 Å². The third kappa shape index (κ3) is 68.3. The average Bonchev–Trinajstić information content (AvgIpc) is 1.24. The van der Waals surface area contributed by atoms with Crippen molar-refractivity contribution in [3.63, 3.8) is 0 Å². The van der Waals surface area contributed by atoms with Gasteiger partial charge in [0.1, 0.15) is 19.3 Å². The molecule has 0 saturated heterocycles. The Labute approximate surface area is 594 Å². The van der Waals surface area contributed by atoms with Crippen molar-refractivity contribution >= 4 is 39.5 Å². The zero-order valence-electron chi connectivity index (χ0n) is 63.5. The number of aliphatic hydroxyl groups excluding tert-OH is 1. The maximum absolute atomic E-state index is 13.1. The first-order chi connectivity index (χ1) is 46.8. The molecular weight excluding hydrogens is 1270 g/mol. The van der Waals surface area contributed by atoms with E-state index in [1.165, 1.54) is 205 Å². The lowest BCUT2D eigenvalue weighted by atomic mass is 9.99. The third-order valence-corrected chi connectivity index (χ3v) is 21.1. The van der Waals surface area contributed by atoms with Crippen LogP contribution in [0.25, 0.3) is 0 Å². The Balaban J connectivity index is 5.26. The molecule has 0 fully saturated rings. The smallest absolute Gasteiger partial charge is 0.462 e. The maximum atomic E-state index is 13.1. The van der Waals surface area contributed by atoms with Crippen LogP contribution >= 0.6 is 15.6 Å². The highest BCUT2D eigenvalue weighted by molar-refractivity contribution is 7.47. The molecule has 0 amide bonds. The molecule has 19 heteroatoms. The van der Waals surface area contributed by atoms with Crippen molar-refractivity contribution in [1.29, 1.82) is 0 Å². The summed E-state index contributed by atoms with van der Waals surface area (Å²) in [5.41, 5.74) is 0. The Bertz CT molecular complexity index is 1890. The summed E-state index contributed by atoms with van der Waals surface area (Å²) in [6.45, 7) is 12.0. The Morgan fingerprint density at radius 3 is 0.732 bits per heavy atom. The molecule has 0 heterocycles. The number of phosphoric acid groups is 2. The summed E-state index contributed by atoms with van der Waals surface area (Å²) < 4.78 is 68.6. The number of carbonyl (C=O) groups excluding carboxylic acids is 4. The highest BCUT2D eigenvalue weighted by atomic mass is 31.2. The third-order valence-electron chi connectivity index (χ3n) is 19.2. The fourth-order valence-corrected chi connectivity index (χ4v) is 13.4. The van der Waals surface area contributed by atoms with E-state index in [-0.39, 0.29) is 25.7 Å². The van der Waals surface area contributed by atoms with E-state index in [9.17, 15) is 43.2 Å². The number of hydrogen-bond donors (Lipinski definition) is 3. The number of aliphatic hydroxyl groups is 1. The van der Waals surface area contributed by atoms with Crippen LogP contribution in [0.15, 0.2) is 0 Å². The standard InChI is InChI=1S/C78H152O17P2/c1-8-12-13-14-15-16-17-18-19-23-26-32-37-45-52-59-75(80)88-65-73(94-77(82)61-54-47-38-33-27-24-21-20-22-25-30-35-42-49-56-69(5)9-2)67-92-96(84,85)90-63-72(79)64-91-97(86,87)93-68-74(66-89-76(81)60-53-46-41-40-44-51-58-71(7)11-4)95-78(83)62-55-48-39-34-29-28-31-36-43-50-57-70(6)10-3/h69-74,79H,8-68H2,1-7H3,(H,84,85)(H,86,87)/t69?,70?,71?,72-,73-,74-/m1/s1. The van der Waals surface area contributed by atoms with E-state index >= 15 is 0 Å². The Kier molecular flexibility index (Phi) is 67.1. The van der Waals surface area contributed by atoms with Crippen LogP contribution in [0.4, 0.5) is 0 Å². The molecule has 0 aliphatic rings. The van der Waals surface area contributed by atoms with Crippen molar-refractivity contribution in [1.82, 2.24) is 0 Å². The molecule has 0 radical (unpaired) electrons. The van der Waals surface area contributed by atoms with Gasteiger partial charge in [0.05, 0.1) is 26.4 Å². The van der Waals surface area contributed by atoms with E-state index in [4.69, 9.17) is 37.0 Å². The highest BCUT2D eigenvalue weighted by Crippen LogP contribution is 2.45. The molecule has 5 unspecified atom stereocenters. The summed E-state index contributed by atoms with van der Waals surface area (Å²) in [5.74, 6) is 0.264. The van der Waals surface area contributed by atoms with Gasteiger partial charge in [0, 0.05) is 25.7 Å². The van der Waals surface area contributed by atoms with Gasteiger partial charge in [0.2, 0.25) is 0 Å². The molecule has 3 N–H and O–H groups in total. The molecular formula is C78H152O17P2. The molecule has 97 heavy (non-hydrogen) atoms. The number of phosphoric ester groups is 2. The van der Waals surface area contributed by atoms with E-state index in [1.807, 2.05) is 0 Å². The SMILES string of the molecule is CCCCCCCCCCCCCCCCCC(=O)OC[C@H](COP(=O)(O)OC[C@@H](O)COP(=O)(O)OC[C@@H](COC(=O)CCCCCCCCC(C)CC)OC(=O)CCCCCCCCCCCCC(C)CC)OC(=O)CCCCCCCCCCCCCCCCC(C)CC. The minimum atomic E-state index is -4.96. The number of rotatable bonds is 76. The summed E-state index contributed by atoms with van der Waals surface area (Å²) >= 11 is 0. The van der Waals surface area contributed by atoms with Crippen LogP contribution in [-0.4, -0.2) is 96.7 Å². The highest BCUT2D eigenvalue weighted by Gasteiger charge is 2.30. The van der Waals surface area contributed by atoms with Crippen LogP contribution in [0.2, 0.25) is 0 Å². The quantitative estimate of drug-likeness (QED) is 0.0222. The van der Waals surface area contributed by atoms with Crippen LogP contribution < -0.4 is 0 Å². The van der Waals surface area contributed by atoms with Gasteiger partial charge in [0.25, 0.3) is 0 Å². The number of ether oxygens (including phenoxy) is 4. The minimum Gasteiger partial charge on any atom is -0.462 e. The fourth-order valence-electron chi connectivity index (χ4n) is 11.9. The fraction of sp³-hybridized carbons (Fsp3) is 0.949. The number of unbranched alkanes of at least 4 members (excludes halogenated alkanes) is 41. The lowest BCUT2D eigenvalue weighted by molar-refractivity contribution is -0.161. The molecule has 0 aliphatic heterocycles. The predicted molar refractivity (Wildman–Crippen MR) is 395 cm³/mol. The first kappa shape index (κ1) is 95.1. The van der Waals surface area contributed by atoms with Crippen molar-refractivity contribution in [2.75, 3.05) is 39.6 Å². The molecule has 17 nitrogen and oxygen atoms in total. The zero-order chi connectivity index (χ0) is 71.6. The van der Waals surface area contributed by atoms with Gasteiger partial charge >= 0.3 is 39.5 Å². The summed E-state index contributed by atoms with van der Waals surface area (Å²) in [6.07, 6.45) is 55.3. The molecule has 0 saturated carbocycles. The van der Waals surface area contributed by atoms with Gasteiger partial charge in [0.15, 0.2) is 12.2 Å². The first-order valence-corrected chi connectivity index (χ1v) is 43.5. The van der Waals surface area contributed by atoms with E-state index < -0.39 is 97.5 Å². The van der Waals surface area contributed by atoms with Crippen molar-refractivity contribution < 1.29 is 80.2 Å². The van der Waals surface area contributed by atoms with Gasteiger partial charge in [-0.1, -0.05) is 350 Å². The molecule has 0 aromatic rings. The lowest BCUT2D eigenvalue weighted by Gasteiger charge is -2.21. The summed E-state index contributed by atoms with van der Waals surface area (Å²) in [5, 5.41) is 10.6. The number of esters is 4. The second-order valence-corrected chi connectivity index (χ2v) is 31.7. The predicted octanol–water partition coefficient (Wildman–Crippen LogP) is 23.0. The molecule has 0 spiro atoms. The van der Waals surface area contributed by atoms with Gasteiger partial charge in [-0.25, -0.2) is 9.13 Å². The van der Waals surface area contributed by atoms with Gasteiger partial charge in [-0.2, -0.15) is 0 Å². The minimum absolute atomic E-state index is 0.105. The van der Waals surface area contributed by atoms with Crippen LogP contribution in [0.5, 0.6) is 0 Å². The monoisotopic (exact) mass is 1420 g/mol. The Hall–Kier alpha value is -1.94. The Morgan fingerprint density at radius 1 is 0.289 bits per heavy atom. The summed E-state index contributed by atoms with van der Waals surface area (Å²) in [7, 11) is -9.92. The second-order valence-electron chi connectivity index (χ2n) is 28.8. The van der Waals surface area contributed by atoms with Crippen molar-refractivity contribution in [3.8, 4) is 0 Å². The van der Waals surface area contributed by atoms with E-state index in [1.54, 1.807) is 0 Å². The van der Waals surface area contributed by atoms with Gasteiger partial charge in [-0.05, 0) is 43.4 Å². The molecule has 0 bridgehead atoms. The van der Waals surface area contributed by atoms with Gasteiger partial charge < -0.3 is 33.8 Å². The lowest BCUT2D eigenvalue weighted by Crippen LogP contribution is -2.30. The van der Waals surface area contributed by atoms with Crippen molar-refractivity contribution in [2.24, 2.45) is 17.8 Å². The van der Waals surface area contributed by atoms with Crippen LogP contribution in [0.3, 0.4) is 0 Å².